The maximum absolute atomic E-state index is 12.5. The highest BCUT2D eigenvalue weighted by molar-refractivity contribution is 14.1. The minimum Gasteiger partial charge on any atom is -0.345 e. The first-order valence-corrected chi connectivity index (χ1v) is 12.1. The summed E-state index contributed by atoms with van der Waals surface area (Å²) in [6.45, 7) is 4.32. The van der Waals surface area contributed by atoms with Gasteiger partial charge in [-0.25, -0.2) is 0 Å². The fourth-order valence-corrected chi connectivity index (χ4v) is 4.28. The summed E-state index contributed by atoms with van der Waals surface area (Å²) in [5, 5.41) is 15.2. The Morgan fingerprint density at radius 3 is 2.59 bits per heavy atom. The molecule has 0 saturated carbocycles. The van der Waals surface area contributed by atoms with E-state index in [9.17, 15) is 9.59 Å². The van der Waals surface area contributed by atoms with Crippen molar-refractivity contribution in [2.24, 2.45) is 0 Å². The molecule has 0 aliphatic rings. The summed E-state index contributed by atoms with van der Waals surface area (Å²) in [6, 6.07) is 12.2. The van der Waals surface area contributed by atoms with E-state index in [0.717, 1.165) is 9.26 Å². The summed E-state index contributed by atoms with van der Waals surface area (Å²) in [7, 11) is 0. The van der Waals surface area contributed by atoms with Crippen LogP contribution in [0.1, 0.15) is 16.2 Å². The van der Waals surface area contributed by atoms with Gasteiger partial charge in [-0.1, -0.05) is 41.0 Å². The number of anilines is 1. The lowest BCUT2D eigenvalue weighted by Crippen LogP contribution is -2.25. The van der Waals surface area contributed by atoms with Crippen LogP contribution >= 0.6 is 57.6 Å². The Bertz CT molecular complexity index is 1140. The summed E-state index contributed by atoms with van der Waals surface area (Å²) in [5.74, 6) is 0.181. The van der Waals surface area contributed by atoms with Crippen molar-refractivity contribution >= 4 is 75.1 Å². The molecule has 1 aromatic heterocycles. The molecule has 0 bridgehead atoms. The molecule has 0 radical (unpaired) electrons. The third kappa shape index (κ3) is 6.71. The largest absolute Gasteiger partial charge is 0.345 e. The van der Waals surface area contributed by atoms with Gasteiger partial charge in [0, 0.05) is 20.8 Å². The molecule has 3 rings (SSSR count). The van der Waals surface area contributed by atoms with Crippen molar-refractivity contribution < 1.29 is 9.59 Å². The van der Waals surface area contributed by atoms with E-state index in [4.69, 9.17) is 23.2 Å². The number of halogens is 3. The molecular formula is C21H18Cl2IN5O2S. The number of carbonyl (C=O) groups excluding carboxylic acids is 2. The van der Waals surface area contributed by atoms with Crippen LogP contribution < -0.4 is 10.6 Å². The van der Waals surface area contributed by atoms with Gasteiger partial charge in [-0.3, -0.25) is 9.59 Å². The standard InChI is InChI=1S/C21H18Cl2IN5O2S/c1-2-9-29-18(11-25-20(31)16-8-3-13(22)10-17(16)23)27-28-21(29)32-12-19(30)26-15-6-4-14(24)5-7-15/h2-8,10H,1,9,11-12H2,(H,25,31)(H,26,30). The second kappa shape index (κ2) is 11.7. The van der Waals surface area contributed by atoms with Gasteiger partial charge in [-0.2, -0.15) is 0 Å². The average molecular weight is 602 g/mol. The first-order chi connectivity index (χ1) is 15.4. The lowest BCUT2D eigenvalue weighted by molar-refractivity contribution is -0.113. The van der Waals surface area contributed by atoms with Crippen LogP contribution in [0.3, 0.4) is 0 Å². The third-order valence-electron chi connectivity index (χ3n) is 4.15. The summed E-state index contributed by atoms with van der Waals surface area (Å²) < 4.78 is 2.88. The lowest BCUT2D eigenvalue weighted by atomic mass is 10.2. The molecular weight excluding hydrogens is 584 g/mol. The number of thioether (sulfide) groups is 1. The molecule has 3 aromatic rings. The van der Waals surface area contributed by atoms with Crippen molar-refractivity contribution in [3.63, 3.8) is 0 Å². The van der Waals surface area contributed by atoms with Gasteiger partial charge in [0.15, 0.2) is 11.0 Å². The molecule has 2 amide bonds. The van der Waals surface area contributed by atoms with E-state index in [1.54, 1.807) is 22.8 Å². The van der Waals surface area contributed by atoms with Crippen LogP contribution in [-0.4, -0.2) is 32.3 Å². The molecule has 166 valence electrons. The molecule has 0 saturated heterocycles. The fraction of sp³-hybridized carbons (Fsp3) is 0.143. The summed E-state index contributed by atoms with van der Waals surface area (Å²) in [6.07, 6.45) is 1.69. The lowest BCUT2D eigenvalue weighted by Gasteiger charge is -2.10. The van der Waals surface area contributed by atoms with Crippen LogP contribution in [0, 0.1) is 3.57 Å². The van der Waals surface area contributed by atoms with Crippen LogP contribution in [0.5, 0.6) is 0 Å². The number of rotatable bonds is 9. The Labute approximate surface area is 213 Å². The number of nitrogens with zero attached hydrogens (tertiary/aromatic N) is 3. The fourth-order valence-electron chi connectivity index (χ4n) is 2.66. The van der Waals surface area contributed by atoms with E-state index >= 15 is 0 Å². The zero-order valence-corrected chi connectivity index (χ0v) is 21.1. The van der Waals surface area contributed by atoms with Gasteiger partial charge in [0.1, 0.15) is 0 Å². The second-order valence-corrected chi connectivity index (χ2v) is 9.48. The molecule has 0 unspecified atom stereocenters. The highest BCUT2D eigenvalue weighted by Gasteiger charge is 2.16. The molecule has 1 heterocycles. The van der Waals surface area contributed by atoms with Crippen LogP contribution in [0.15, 0.2) is 60.3 Å². The first-order valence-electron chi connectivity index (χ1n) is 9.32. The van der Waals surface area contributed by atoms with E-state index in [-0.39, 0.29) is 29.1 Å². The smallest absolute Gasteiger partial charge is 0.253 e. The molecule has 0 aliphatic heterocycles. The highest BCUT2D eigenvalue weighted by atomic mass is 127. The monoisotopic (exact) mass is 601 g/mol. The number of carbonyl (C=O) groups is 2. The Morgan fingerprint density at radius 2 is 1.91 bits per heavy atom. The molecule has 2 aromatic carbocycles. The van der Waals surface area contributed by atoms with Crippen molar-refractivity contribution in [3.05, 3.63) is 80.1 Å². The zero-order chi connectivity index (χ0) is 23.1. The SMILES string of the molecule is C=CCn1c(CNC(=O)c2ccc(Cl)cc2Cl)nnc1SCC(=O)Nc1ccc(I)cc1. The van der Waals surface area contributed by atoms with Crippen molar-refractivity contribution in [1.29, 1.82) is 0 Å². The van der Waals surface area contributed by atoms with Crippen LogP contribution in [0.2, 0.25) is 10.0 Å². The highest BCUT2D eigenvalue weighted by Crippen LogP contribution is 2.21. The molecule has 0 fully saturated rings. The molecule has 0 spiro atoms. The minimum absolute atomic E-state index is 0.133. The van der Waals surface area contributed by atoms with Gasteiger partial charge in [0.05, 0.1) is 22.9 Å². The number of benzene rings is 2. The normalized spacial score (nSPS) is 10.6. The quantitative estimate of drug-likeness (QED) is 0.204. The van der Waals surface area contributed by atoms with E-state index in [1.807, 2.05) is 24.3 Å². The van der Waals surface area contributed by atoms with E-state index in [1.165, 1.54) is 17.8 Å². The van der Waals surface area contributed by atoms with Gasteiger partial charge in [0.2, 0.25) is 5.91 Å². The predicted octanol–water partition coefficient (Wildman–Crippen LogP) is 5.04. The minimum atomic E-state index is -0.356. The van der Waals surface area contributed by atoms with Crippen LogP contribution in [0.4, 0.5) is 5.69 Å². The maximum atomic E-state index is 12.5. The summed E-state index contributed by atoms with van der Waals surface area (Å²) >= 11 is 15.4. The van der Waals surface area contributed by atoms with Crippen molar-refractivity contribution in [2.75, 3.05) is 11.1 Å². The van der Waals surface area contributed by atoms with E-state index in [2.05, 4.69) is 50.0 Å². The van der Waals surface area contributed by atoms with Crippen LogP contribution in [-0.2, 0) is 17.9 Å². The van der Waals surface area contributed by atoms with E-state index in [0.29, 0.717) is 28.1 Å². The van der Waals surface area contributed by atoms with Gasteiger partial charge >= 0.3 is 0 Å². The molecule has 7 nitrogen and oxygen atoms in total. The van der Waals surface area contributed by atoms with Gasteiger partial charge < -0.3 is 15.2 Å². The number of hydrogen-bond donors (Lipinski definition) is 2. The first kappa shape index (κ1) is 24.6. The van der Waals surface area contributed by atoms with Crippen molar-refractivity contribution in [1.82, 2.24) is 20.1 Å². The maximum Gasteiger partial charge on any atom is 0.253 e. The zero-order valence-electron chi connectivity index (χ0n) is 16.6. The molecule has 2 N–H and O–H groups in total. The Balaban J connectivity index is 1.61. The molecule has 0 atom stereocenters. The topological polar surface area (TPSA) is 88.9 Å². The number of nitrogens with one attached hydrogen (secondary N) is 2. The number of aromatic nitrogens is 3. The van der Waals surface area contributed by atoms with Gasteiger partial charge in [0.25, 0.3) is 5.91 Å². The van der Waals surface area contributed by atoms with E-state index < -0.39 is 0 Å². The third-order valence-corrected chi connectivity index (χ3v) is 6.38. The van der Waals surface area contributed by atoms with Crippen LogP contribution in [0.25, 0.3) is 0 Å². The van der Waals surface area contributed by atoms with Crippen molar-refractivity contribution in [2.45, 2.75) is 18.2 Å². The number of hydrogen-bond acceptors (Lipinski definition) is 5. The van der Waals surface area contributed by atoms with Gasteiger partial charge in [-0.05, 0) is 65.1 Å². The number of allylic oxidation sites excluding steroid dienone is 1. The summed E-state index contributed by atoms with van der Waals surface area (Å²) in [5.41, 5.74) is 1.04. The summed E-state index contributed by atoms with van der Waals surface area (Å²) in [4.78, 5) is 24.7. The molecule has 32 heavy (non-hydrogen) atoms. The Hall–Kier alpha value is -2.08. The molecule has 11 heteroatoms. The molecule has 0 aliphatic carbocycles. The predicted molar refractivity (Wildman–Crippen MR) is 136 cm³/mol. The van der Waals surface area contributed by atoms with Crippen molar-refractivity contribution in [3.8, 4) is 0 Å². The van der Waals surface area contributed by atoms with Gasteiger partial charge in [-0.15, -0.1) is 16.8 Å². The average Bonchev–Trinajstić information content (AvgIpc) is 3.14. The number of amides is 2. The second-order valence-electron chi connectivity index (χ2n) is 6.45. The Morgan fingerprint density at radius 1 is 1.16 bits per heavy atom. The Kier molecular flexibility index (Phi) is 8.97.